The Kier molecular flexibility index (Phi) is 6.95. The van der Waals surface area contributed by atoms with E-state index in [1.54, 1.807) is 17.4 Å². The van der Waals surface area contributed by atoms with Gasteiger partial charge in [-0.1, -0.05) is 30.3 Å². The third-order valence-electron chi connectivity index (χ3n) is 6.56. The summed E-state index contributed by atoms with van der Waals surface area (Å²) in [7, 11) is 0. The zero-order valence-electron chi connectivity index (χ0n) is 19.5. The average Bonchev–Trinajstić information content (AvgIpc) is 3.32. The van der Waals surface area contributed by atoms with Crippen molar-refractivity contribution in [2.24, 2.45) is 5.92 Å². The van der Waals surface area contributed by atoms with E-state index < -0.39 is 11.5 Å². The van der Waals surface area contributed by atoms with Crippen LogP contribution in [0.25, 0.3) is 21.2 Å². The van der Waals surface area contributed by atoms with Gasteiger partial charge in [0.25, 0.3) is 0 Å². The van der Waals surface area contributed by atoms with Gasteiger partial charge in [0, 0.05) is 13.1 Å². The molecule has 0 radical (unpaired) electrons. The lowest BCUT2D eigenvalue weighted by atomic mass is 9.88. The first-order valence-corrected chi connectivity index (χ1v) is 12.9. The van der Waals surface area contributed by atoms with Crippen LogP contribution in [0, 0.1) is 5.92 Å². The first-order chi connectivity index (χ1) is 17.1. The molecule has 1 saturated heterocycles. The first kappa shape index (κ1) is 23.3. The van der Waals surface area contributed by atoms with Crippen molar-refractivity contribution in [2.45, 2.75) is 31.6 Å². The summed E-state index contributed by atoms with van der Waals surface area (Å²) in [6.45, 7) is 5.96. The number of benzene rings is 2. The number of likely N-dealkylation sites (tertiary alicyclic amines) is 1. The van der Waals surface area contributed by atoms with Crippen molar-refractivity contribution in [3.8, 4) is 5.75 Å². The van der Waals surface area contributed by atoms with Gasteiger partial charge in [-0.2, -0.15) is 0 Å². The molecule has 0 bridgehead atoms. The summed E-state index contributed by atoms with van der Waals surface area (Å²) in [6.07, 6.45) is 5.64. The second-order valence-electron chi connectivity index (χ2n) is 8.85. The largest absolute Gasteiger partial charge is 0.493 e. The van der Waals surface area contributed by atoms with E-state index in [9.17, 15) is 9.59 Å². The van der Waals surface area contributed by atoms with E-state index in [1.165, 1.54) is 6.07 Å². The molecule has 0 saturated carbocycles. The number of para-hydroxylation sites is 2. The fourth-order valence-electron chi connectivity index (χ4n) is 4.73. The summed E-state index contributed by atoms with van der Waals surface area (Å²) in [5.74, 6) is 0.0265. The quantitative estimate of drug-likeness (QED) is 0.233. The number of piperidine rings is 1. The Bertz CT molecular complexity index is 1370. The minimum atomic E-state index is -0.452. The second kappa shape index (κ2) is 10.4. The molecule has 0 spiro atoms. The predicted octanol–water partition coefficient (Wildman–Crippen LogP) is 5.77. The van der Waals surface area contributed by atoms with Crippen LogP contribution in [0.15, 0.2) is 76.5 Å². The molecule has 3 heterocycles. The maximum Gasteiger partial charge on any atom is 0.339 e. The van der Waals surface area contributed by atoms with Gasteiger partial charge < -0.3 is 14.1 Å². The van der Waals surface area contributed by atoms with Crippen LogP contribution < -0.4 is 10.4 Å². The lowest BCUT2D eigenvalue weighted by Gasteiger charge is -2.32. The Balaban J connectivity index is 1.40. The molecule has 6 nitrogen and oxygen atoms in total. The third-order valence-corrected chi connectivity index (χ3v) is 7.68. The smallest absolute Gasteiger partial charge is 0.339 e. The molecule has 35 heavy (non-hydrogen) atoms. The number of carbonyl (C=O) groups excluding carboxylic acids is 1. The average molecular weight is 489 g/mol. The molecule has 1 amide bonds. The minimum absolute atomic E-state index is 0.111. The molecular weight excluding hydrogens is 460 g/mol. The lowest BCUT2D eigenvalue weighted by Crippen LogP contribution is -2.41. The Morgan fingerprint density at radius 3 is 2.71 bits per heavy atom. The topological polar surface area (TPSA) is 72.6 Å². The van der Waals surface area contributed by atoms with Crippen molar-refractivity contribution in [1.29, 1.82) is 0 Å². The van der Waals surface area contributed by atoms with Crippen LogP contribution >= 0.6 is 11.3 Å². The SMILES string of the molecule is C=C[C@H](CCOc1cc(=O)oc2ccccc12)[C@H](C(=O)N1CCCCC1)c1nc2ccccc2s1. The highest BCUT2D eigenvalue weighted by molar-refractivity contribution is 7.18. The molecule has 5 rings (SSSR count). The number of hydrogen-bond acceptors (Lipinski definition) is 6. The molecule has 2 aromatic carbocycles. The normalized spacial score (nSPS) is 15.7. The predicted molar refractivity (Wildman–Crippen MR) is 139 cm³/mol. The van der Waals surface area contributed by atoms with Crippen molar-refractivity contribution in [2.75, 3.05) is 19.7 Å². The molecule has 0 unspecified atom stereocenters. The molecule has 0 N–H and O–H groups in total. The molecule has 7 heteroatoms. The van der Waals surface area contributed by atoms with Crippen molar-refractivity contribution in [3.63, 3.8) is 0 Å². The highest BCUT2D eigenvalue weighted by atomic mass is 32.1. The van der Waals surface area contributed by atoms with Crippen LogP contribution in [0.3, 0.4) is 0 Å². The van der Waals surface area contributed by atoms with Crippen molar-refractivity contribution in [3.05, 3.63) is 82.7 Å². The zero-order chi connectivity index (χ0) is 24.2. The summed E-state index contributed by atoms with van der Waals surface area (Å²) in [4.78, 5) is 32.6. The van der Waals surface area contributed by atoms with E-state index >= 15 is 0 Å². The number of hydrogen-bond donors (Lipinski definition) is 0. The van der Waals surface area contributed by atoms with E-state index in [2.05, 4.69) is 6.58 Å². The molecule has 0 aliphatic carbocycles. The molecular formula is C28H28N2O4S. The van der Waals surface area contributed by atoms with Gasteiger partial charge in [-0.05, 0) is 55.9 Å². The lowest BCUT2D eigenvalue weighted by molar-refractivity contribution is -0.134. The summed E-state index contributed by atoms with van der Waals surface area (Å²) in [5.41, 5.74) is 0.944. The second-order valence-corrected chi connectivity index (χ2v) is 9.91. The van der Waals surface area contributed by atoms with Crippen molar-refractivity contribution < 1.29 is 13.9 Å². The number of aromatic nitrogens is 1. The van der Waals surface area contributed by atoms with Gasteiger partial charge >= 0.3 is 5.63 Å². The highest BCUT2D eigenvalue weighted by Crippen LogP contribution is 2.36. The van der Waals surface area contributed by atoms with Crippen molar-refractivity contribution >= 4 is 38.4 Å². The van der Waals surface area contributed by atoms with Gasteiger partial charge in [-0.25, -0.2) is 9.78 Å². The van der Waals surface area contributed by atoms with Crippen LogP contribution in [0.4, 0.5) is 0 Å². The number of allylic oxidation sites excluding steroid dienone is 1. The van der Waals surface area contributed by atoms with Crippen LogP contribution in [0.2, 0.25) is 0 Å². The van der Waals surface area contributed by atoms with Gasteiger partial charge in [0.15, 0.2) is 0 Å². The summed E-state index contributed by atoms with van der Waals surface area (Å²) >= 11 is 1.57. The van der Waals surface area contributed by atoms with Crippen LogP contribution in [0.5, 0.6) is 5.75 Å². The first-order valence-electron chi connectivity index (χ1n) is 12.1. The Hall–Kier alpha value is -3.45. The Morgan fingerprint density at radius 2 is 1.91 bits per heavy atom. The van der Waals surface area contributed by atoms with Crippen molar-refractivity contribution in [1.82, 2.24) is 9.88 Å². The Labute approximate surface area is 207 Å². The van der Waals surface area contributed by atoms with E-state index in [4.69, 9.17) is 14.1 Å². The van der Waals surface area contributed by atoms with E-state index in [-0.39, 0.29) is 11.8 Å². The summed E-state index contributed by atoms with van der Waals surface area (Å²) in [5, 5.41) is 1.56. The van der Waals surface area contributed by atoms with E-state index in [0.29, 0.717) is 24.4 Å². The standard InChI is InChI=1S/C28H28N2O4S/c1-2-19(14-17-33-23-18-25(31)34-22-12-6-4-10-20(22)23)26(28(32)30-15-8-3-9-16-30)27-29-21-11-5-7-13-24(21)35-27/h2,4-7,10-13,18-19,26H,1,3,8-9,14-17H2/t19-,26+/m1/s1. The third kappa shape index (κ3) is 5.00. The number of thiazole rings is 1. The van der Waals surface area contributed by atoms with Gasteiger partial charge in [0.2, 0.25) is 5.91 Å². The van der Waals surface area contributed by atoms with E-state index in [1.807, 2.05) is 53.4 Å². The zero-order valence-corrected chi connectivity index (χ0v) is 20.3. The summed E-state index contributed by atoms with van der Waals surface area (Å²) in [6, 6.07) is 16.7. The number of ether oxygens (including phenoxy) is 1. The number of carbonyl (C=O) groups is 1. The van der Waals surface area contributed by atoms with Gasteiger partial charge in [-0.15, -0.1) is 17.9 Å². The molecule has 2 atom stereocenters. The van der Waals surface area contributed by atoms with Gasteiger partial charge in [-0.3, -0.25) is 4.79 Å². The monoisotopic (exact) mass is 488 g/mol. The number of amides is 1. The van der Waals surface area contributed by atoms with Gasteiger partial charge in [0.05, 0.1) is 34.2 Å². The number of nitrogens with zero attached hydrogens (tertiary/aromatic N) is 2. The fraction of sp³-hybridized carbons (Fsp3) is 0.321. The highest BCUT2D eigenvalue weighted by Gasteiger charge is 2.34. The van der Waals surface area contributed by atoms with Crippen LogP contribution in [-0.4, -0.2) is 35.5 Å². The number of fused-ring (bicyclic) bond motifs is 2. The molecule has 180 valence electrons. The maximum absolute atomic E-state index is 13.8. The molecule has 1 aliphatic rings. The van der Waals surface area contributed by atoms with Gasteiger partial charge in [0.1, 0.15) is 16.3 Å². The van der Waals surface area contributed by atoms with Crippen LogP contribution in [0.1, 0.15) is 36.6 Å². The molecule has 4 aromatic rings. The minimum Gasteiger partial charge on any atom is -0.493 e. The maximum atomic E-state index is 13.8. The fourth-order valence-corrected chi connectivity index (χ4v) is 5.87. The molecule has 1 aliphatic heterocycles. The molecule has 2 aromatic heterocycles. The Morgan fingerprint density at radius 1 is 1.14 bits per heavy atom. The number of rotatable bonds is 8. The summed E-state index contributed by atoms with van der Waals surface area (Å²) < 4.78 is 12.4. The van der Waals surface area contributed by atoms with E-state index in [0.717, 1.165) is 53.0 Å². The van der Waals surface area contributed by atoms with Crippen LogP contribution in [-0.2, 0) is 4.79 Å². The molecule has 1 fully saturated rings.